The van der Waals surface area contributed by atoms with Gasteiger partial charge in [0.1, 0.15) is 10.8 Å². The molecule has 1 aliphatic rings. The van der Waals surface area contributed by atoms with Gasteiger partial charge in [0, 0.05) is 12.3 Å². The van der Waals surface area contributed by atoms with Crippen LogP contribution in [0.25, 0.3) is 16.7 Å². The van der Waals surface area contributed by atoms with Crippen LogP contribution in [0, 0.1) is 5.92 Å². The normalized spacial score (nSPS) is 14.0. The van der Waals surface area contributed by atoms with E-state index in [1.807, 2.05) is 0 Å². The summed E-state index contributed by atoms with van der Waals surface area (Å²) in [4.78, 5) is 49.7. The fourth-order valence-corrected chi connectivity index (χ4v) is 4.48. The van der Waals surface area contributed by atoms with Crippen molar-refractivity contribution in [1.82, 2.24) is 29.7 Å². The average Bonchev–Trinajstić information content (AvgIpc) is 3.63. The van der Waals surface area contributed by atoms with Crippen LogP contribution in [0.3, 0.4) is 0 Å². The molecule has 0 bridgehead atoms. The number of urea groups is 2. The number of nitrogens with zero attached hydrogens (tertiary/aromatic N) is 7. The van der Waals surface area contributed by atoms with Crippen LogP contribution in [0.4, 0.5) is 40.3 Å². The molecule has 0 spiro atoms. The summed E-state index contributed by atoms with van der Waals surface area (Å²) in [6.45, 7) is 0. The molecule has 1 atom stereocenters. The quantitative estimate of drug-likeness (QED) is 0.101. The molecular weight excluding hydrogens is 587 g/mol. The summed E-state index contributed by atoms with van der Waals surface area (Å²) in [6, 6.07) is 1.29. The fourth-order valence-electron chi connectivity index (χ4n) is 4.25. The Bertz CT molecular complexity index is 1760. The van der Waals surface area contributed by atoms with E-state index in [1.165, 1.54) is 18.3 Å². The zero-order chi connectivity index (χ0) is 30.5. The van der Waals surface area contributed by atoms with E-state index in [0.29, 0.717) is 22.9 Å². The first-order valence-electron chi connectivity index (χ1n) is 11.9. The number of hydrogen-bond donors (Lipinski definition) is 6. The van der Waals surface area contributed by atoms with Crippen LogP contribution in [0.1, 0.15) is 30.3 Å². The minimum absolute atomic E-state index is 0.0294. The Balaban J connectivity index is 1.74. The molecule has 1 aromatic carbocycles. The number of benzene rings is 1. The highest BCUT2D eigenvalue weighted by molar-refractivity contribution is 6.35. The first kappa shape index (κ1) is 28.5. The number of nitrogens with one attached hydrogen (secondary N) is 2. The number of hydrazine groups is 2. The number of aromatic amines is 1. The van der Waals surface area contributed by atoms with E-state index in [-0.39, 0.29) is 33.9 Å². The maximum absolute atomic E-state index is 13.9. The van der Waals surface area contributed by atoms with E-state index < -0.39 is 52.6 Å². The lowest BCUT2D eigenvalue weighted by Gasteiger charge is -2.25. The number of aromatic nitrogens is 6. The third kappa shape index (κ3) is 5.10. The van der Waals surface area contributed by atoms with Gasteiger partial charge < -0.3 is 16.8 Å². The van der Waals surface area contributed by atoms with Gasteiger partial charge >= 0.3 is 18.2 Å². The first-order valence-corrected chi connectivity index (χ1v) is 12.3. The van der Waals surface area contributed by atoms with E-state index in [9.17, 15) is 27.6 Å². The maximum atomic E-state index is 13.9. The second kappa shape index (κ2) is 10.4. The molecule has 5 rings (SSSR count). The standard InChI is InChI=1S/C22H21ClF3N13O3/c23-13-15(34-21(39(30)20(28)42)35-16(13)38(29)19(27)41)33-14(8-4-5-8)17-32-10-3-1-2-9(22(24,25)26)12(10)18(40)37(17)11-6-7-31-36-11/h1-3,6-8,14H,4-5,29-30H2,(H2,27,41)(H2,28,42)(H,31,36)(H,33,34,35)/t14-/m0/s1. The highest BCUT2D eigenvalue weighted by Crippen LogP contribution is 2.44. The molecule has 0 aliphatic heterocycles. The Labute approximate surface area is 237 Å². The zero-order valence-corrected chi connectivity index (χ0v) is 21.9. The number of H-pyrrole nitrogens is 1. The smallest absolute Gasteiger partial charge is 0.358 e. The fraction of sp³-hybridized carbons (Fsp3) is 0.227. The Morgan fingerprint density at radius 3 is 2.36 bits per heavy atom. The summed E-state index contributed by atoms with van der Waals surface area (Å²) >= 11 is 6.47. The highest BCUT2D eigenvalue weighted by atomic mass is 35.5. The molecule has 0 saturated heterocycles. The second-order valence-corrected chi connectivity index (χ2v) is 9.50. The molecule has 3 heterocycles. The summed E-state index contributed by atoms with van der Waals surface area (Å²) in [6.07, 6.45) is -2.23. The molecule has 1 saturated carbocycles. The van der Waals surface area contributed by atoms with Crippen molar-refractivity contribution in [1.29, 1.82) is 0 Å². The third-order valence-electron chi connectivity index (χ3n) is 6.35. The van der Waals surface area contributed by atoms with Crippen molar-refractivity contribution in [2.75, 3.05) is 15.3 Å². The molecule has 1 fully saturated rings. The van der Waals surface area contributed by atoms with Gasteiger partial charge in [0.2, 0.25) is 0 Å². The van der Waals surface area contributed by atoms with E-state index in [1.54, 1.807) is 0 Å². The first-order chi connectivity index (χ1) is 19.8. The van der Waals surface area contributed by atoms with Gasteiger partial charge in [-0.1, -0.05) is 17.7 Å². The average molecular weight is 608 g/mol. The van der Waals surface area contributed by atoms with Gasteiger partial charge in [-0.05, 0) is 30.9 Å². The third-order valence-corrected chi connectivity index (χ3v) is 6.70. The predicted molar refractivity (Wildman–Crippen MR) is 143 cm³/mol. The largest absolute Gasteiger partial charge is 0.417 e. The number of amides is 4. The molecule has 16 nitrogen and oxygen atoms in total. The number of carbonyl (C=O) groups excluding carboxylic acids is 2. The monoisotopic (exact) mass is 607 g/mol. The van der Waals surface area contributed by atoms with Gasteiger partial charge in [-0.2, -0.15) is 33.2 Å². The van der Waals surface area contributed by atoms with Crippen LogP contribution in [0.2, 0.25) is 5.02 Å². The SMILES string of the molecule is NC(=O)N(N)c1nc(N[C@H](c2nc3cccc(C(F)(F)F)c3c(=O)n2-c2cc[nH]n2)C2CC2)c(Cl)c(N(N)C(N)=O)n1. The summed E-state index contributed by atoms with van der Waals surface area (Å²) in [5.74, 6) is 9.83. The van der Waals surface area contributed by atoms with Gasteiger partial charge in [-0.15, -0.1) is 0 Å². The summed E-state index contributed by atoms with van der Waals surface area (Å²) < 4.78 is 42.6. The second-order valence-electron chi connectivity index (χ2n) is 9.13. The lowest BCUT2D eigenvalue weighted by atomic mass is 10.1. The van der Waals surface area contributed by atoms with E-state index in [4.69, 9.17) is 34.8 Å². The molecule has 4 amide bonds. The van der Waals surface area contributed by atoms with Crippen LogP contribution in [0.15, 0.2) is 35.3 Å². The molecule has 0 radical (unpaired) electrons. The number of rotatable bonds is 7. The molecule has 0 unspecified atom stereocenters. The molecule has 1 aliphatic carbocycles. The Morgan fingerprint density at radius 2 is 1.79 bits per heavy atom. The Hall–Kier alpha value is -5.01. The van der Waals surface area contributed by atoms with E-state index >= 15 is 0 Å². The van der Waals surface area contributed by atoms with Gasteiger partial charge in [-0.3, -0.25) is 9.89 Å². The van der Waals surface area contributed by atoms with Gasteiger partial charge in [0.05, 0.1) is 22.5 Å². The molecule has 10 N–H and O–H groups in total. The highest BCUT2D eigenvalue weighted by Gasteiger charge is 2.39. The van der Waals surface area contributed by atoms with Crippen LogP contribution >= 0.6 is 11.6 Å². The van der Waals surface area contributed by atoms with Crippen LogP contribution in [-0.2, 0) is 6.18 Å². The van der Waals surface area contributed by atoms with Crippen molar-refractivity contribution in [2.24, 2.45) is 29.1 Å². The summed E-state index contributed by atoms with van der Waals surface area (Å²) in [5.41, 5.74) is 8.08. The minimum Gasteiger partial charge on any atom is -0.358 e. The van der Waals surface area contributed by atoms with Crippen molar-refractivity contribution in [3.05, 3.63) is 57.2 Å². The number of fused-ring (bicyclic) bond motifs is 1. The van der Waals surface area contributed by atoms with Gasteiger partial charge in [-0.25, -0.2) is 35.8 Å². The maximum Gasteiger partial charge on any atom is 0.417 e. The van der Waals surface area contributed by atoms with Crippen molar-refractivity contribution in [3.63, 3.8) is 0 Å². The van der Waals surface area contributed by atoms with Gasteiger partial charge in [0.15, 0.2) is 17.5 Å². The molecular formula is C22H21ClF3N13O3. The molecule has 4 aromatic rings. The van der Waals surface area contributed by atoms with Crippen LogP contribution in [0.5, 0.6) is 0 Å². The zero-order valence-electron chi connectivity index (χ0n) is 21.1. The molecule has 20 heteroatoms. The van der Waals surface area contributed by atoms with Crippen molar-refractivity contribution in [2.45, 2.75) is 25.1 Å². The van der Waals surface area contributed by atoms with Crippen molar-refractivity contribution >= 4 is 52.2 Å². The number of hydrogen-bond acceptors (Lipinski definition) is 10. The van der Waals surface area contributed by atoms with Crippen molar-refractivity contribution < 1.29 is 22.8 Å². The van der Waals surface area contributed by atoms with E-state index in [0.717, 1.165) is 16.7 Å². The minimum atomic E-state index is -4.84. The van der Waals surface area contributed by atoms with Crippen LogP contribution < -0.4 is 44.0 Å². The topological polar surface area (TPSA) is 246 Å². The number of halogens is 4. The van der Waals surface area contributed by atoms with E-state index in [2.05, 4.69) is 30.5 Å². The van der Waals surface area contributed by atoms with Gasteiger partial charge in [0.25, 0.3) is 11.5 Å². The lowest BCUT2D eigenvalue weighted by molar-refractivity contribution is -0.136. The van der Waals surface area contributed by atoms with Crippen LogP contribution in [-0.4, -0.2) is 41.8 Å². The molecule has 42 heavy (non-hydrogen) atoms. The number of anilines is 3. The Kier molecular flexibility index (Phi) is 7.08. The molecule has 220 valence electrons. The Morgan fingerprint density at radius 1 is 1.10 bits per heavy atom. The predicted octanol–water partition coefficient (Wildman–Crippen LogP) is 1.65. The number of carbonyl (C=O) groups is 2. The summed E-state index contributed by atoms with van der Waals surface area (Å²) in [7, 11) is 0. The van der Waals surface area contributed by atoms with Crippen molar-refractivity contribution in [3.8, 4) is 5.82 Å². The number of primary amides is 2. The number of nitrogens with two attached hydrogens (primary N) is 4. The lowest BCUT2D eigenvalue weighted by Crippen LogP contribution is -2.45. The number of alkyl halides is 3. The molecule has 3 aromatic heterocycles. The summed E-state index contributed by atoms with van der Waals surface area (Å²) in [5, 5.41) is 9.23.